The van der Waals surface area contributed by atoms with Gasteiger partial charge in [0, 0.05) is 19.3 Å². The molecule has 0 aliphatic carbocycles. The minimum Gasteiger partial charge on any atom is -0.462 e. The Balaban J connectivity index is 4.15. The van der Waals surface area contributed by atoms with Gasteiger partial charge in [0.2, 0.25) is 0 Å². The normalized spacial score (nSPS) is 12.5. The van der Waals surface area contributed by atoms with Crippen LogP contribution in [0.15, 0.2) is 72.9 Å². The van der Waals surface area contributed by atoms with Gasteiger partial charge in [0.1, 0.15) is 13.2 Å². The Morgan fingerprint density at radius 1 is 0.259 bits per heavy atom. The summed E-state index contributed by atoms with van der Waals surface area (Å²) in [4.78, 5) is 38.4. The second-order valence-electron chi connectivity index (χ2n) is 23.8. The van der Waals surface area contributed by atoms with E-state index >= 15 is 0 Å². The topological polar surface area (TPSA) is 78.9 Å². The van der Waals surface area contributed by atoms with Crippen LogP contribution in [-0.2, 0) is 28.6 Å². The molecule has 81 heavy (non-hydrogen) atoms. The summed E-state index contributed by atoms with van der Waals surface area (Å²) in [5, 5.41) is 0. The van der Waals surface area contributed by atoms with Gasteiger partial charge >= 0.3 is 17.9 Å². The first-order valence-corrected chi connectivity index (χ1v) is 35.4. The van der Waals surface area contributed by atoms with Crippen LogP contribution in [0.2, 0.25) is 0 Å². The van der Waals surface area contributed by atoms with Crippen molar-refractivity contribution in [3.63, 3.8) is 0 Å². The summed E-state index contributed by atoms with van der Waals surface area (Å²) in [5.41, 5.74) is 0. The summed E-state index contributed by atoms with van der Waals surface area (Å²) in [6.45, 7) is 6.54. The van der Waals surface area contributed by atoms with Crippen molar-refractivity contribution >= 4 is 17.9 Å². The van der Waals surface area contributed by atoms with E-state index in [-0.39, 0.29) is 31.1 Å². The van der Waals surface area contributed by atoms with E-state index in [9.17, 15) is 14.4 Å². The van der Waals surface area contributed by atoms with Gasteiger partial charge in [0.15, 0.2) is 6.10 Å². The Hall–Kier alpha value is -3.15. The van der Waals surface area contributed by atoms with E-state index in [0.29, 0.717) is 19.3 Å². The number of esters is 3. The molecule has 0 radical (unpaired) electrons. The van der Waals surface area contributed by atoms with Crippen molar-refractivity contribution in [2.45, 2.75) is 374 Å². The number of carbonyl (C=O) groups is 3. The molecule has 0 N–H and O–H groups in total. The van der Waals surface area contributed by atoms with Gasteiger partial charge in [-0.15, -0.1) is 0 Å². The lowest BCUT2D eigenvalue weighted by molar-refractivity contribution is -0.167. The quantitative estimate of drug-likeness (QED) is 0.0261. The maximum absolute atomic E-state index is 12.9. The fraction of sp³-hybridized carbons (Fsp3) is 0.800. The molecular weight excluding hydrogens is 997 g/mol. The molecule has 6 heteroatoms. The highest BCUT2D eigenvalue weighted by atomic mass is 16.6. The first kappa shape index (κ1) is 77.9. The Morgan fingerprint density at radius 3 is 0.765 bits per heavy atom. The number of unbranched alkanes of at least 4 members (excludes halogenated alkanes) is 42. The number of allylic oxidation sites excluding steroid dienone is 12. The van der Waals surface area contributed by atoms with Crippen LogP contribution in [0.4, 0.5) is 0 Å². The zero-order chi connectivity index (χ0) is 58.5. The van der Waals surface area contributed by atoms with Crippen molar-refractivity contribution in [1.82, 2.24) is 0 Å². The summed E-state index contributed by atoms with van der Waals surface area (Å²) in [6.07, 6.45) is 90.9. The minimum atomic E-state index is -0.787. The minimum absolute atomic E-state index is 0.0816. The van der Waals surface area contributed by atoms with Crippen LogP contribution < -0.4 is 0 Å². The molecule has 0 aliphatic rings. The molecule has 0 saturated carbocycles. The van der Waals surface area contributed by atoms with E-state index in [1.54, 1.807) is 0 Å². The Bertz CT molecular complexity index is 1490. The molecule has 0 saturated heterocycles. The number of hydrogen-bond donors (Lipinski definition) is 0. The first-order chi connectivity index (χ1) is 40.0. The summed E-state index contributed by atoms with van der Waals surface area (Å²) in [7, 11) is 0. The van der Waals surface area contributed by atoms with Crippen molar-refractivity contribution in [3.05, 3.63) is 72.9 Å². The predicted octanol–water partition coefficient (Wildman–Crippen LogP) is 24.4. The third-order valence-electron chi connectivity index (χ3n) is 15.7. The van der Waals surface area contributed by atoms with E-state index in [1.807, 2.05) is 0 Å². The Labute approximate surface area is 503 Å². The molecule has 0 spiro atoms. The van der Waals surface area contributed by atoms with Crippen molar-refractivity contribution in [1.29, 1.82) is 0 Å². The Morgan fingerprint density at radius 2 is 0.481 bits per heavy atom. The standard InChI is InChI=1S/C75H134O6/c1-4-7-10-13-16-19-22-25-28-29-30-31-32-33-34-35-36-37-38-39-40-41-42-43-44-45-48-50-53-56-59-62-65-68-74(77)80-71-72(81-75(78)69-66-63-60-57-54-51-47-27-24-21-18-15-12-9-6-3)70-79-73(76)67-64-61-58-55-52-49-46-26-23-20-17-14-11-8-5-2/h9,12,18,21-22,25-27,29-30,46-47,72H,4-8,10-11,13-17,19-20,23-24,28,31-45,48-71H2,1-3H3/b12-9-,21-18-,25-22-,30-29-,46-26-,47-27-. The molecule has 0 rings (SSSR count). The molecule has 6 nitrogen and oxygen atoms in total. The van der Waals surface area contributed by atoms with Gasteiger partial charge in [0.25, 0.3) is 0 Å². The van der Waals surface area contributed by atoms with Crippen LogP contribution in [0.5, 0.6) is 0 Å². The van der Waals surface area contributed by atoms with Gasteiger partial charge in [-0.3, -0.25) is 14.4 Å². The van der Waals surface area contributed by atoms with Crippen LogP contribution in [0, 0.1) is 0 Å². The fourth-order valence-electron chi connectivity index (χ4n) is 10.4. The highest BCUT2D eigenvalue weighted by molar-refractivity contribution is 5.71. The molecule has 0 aliphatic heterocycles. The van der Waals surface area contributed by atoms with E-state index < -0.39 is 6.10 Å². The number of ether oxygens (including phenoxy) is 3. The maximum atomic E-state index is 12.9. The fourth-order valence-corrected chi connectivity index (χ4v) is 10.4. The summed E-state index contributed by atoms with van der Waals surface area (Å²) in [5.74, 6) is -0.889. The maximum Gasteiger partial charge on any atom is 0.306 e. The lowest BCUT2D eigenvalue weighted by Crippen LogP contribution is -2.30. The van der Waals surface area contributed by atoms with Crippen LogP contribution in [0.25, 0.3) is 0 Å². The number of carbonyl (C=O) groups excluding carboxylic acids is 3. The predicted molar refractivity (Wildman–Crippen MR) is 353 cm³/mol. The molecule has 0 heterocycles. The molecule has 0 amide bonds. The number of rotatable bonds is 65. The summed E-state index contributed by atoms with van der Waals surface area (Å²) < 4.78 is 16.9. The van der Waals surface area contributed by atoms with Gasteiger partial charge < -0.3 is 14.2 Å². The van der Waals surface area contributed by atoms with Gasteiger partial charge in [-0.2, -0.15) is 0 Å². The van der Waals surface area contributed by atoms with Crippen molar-refractivity contribution < 1.29 is 28.6 Å². The van der Waals surface area contributed by atoms with E-state index in [4.69, 9.17) is 14.2 Å². The molecule has 0 aromatic heterocycles. The zero-order valence-electron chi connectivity index (χ0n) is 54.1. The van der Waals surface area contributed by atoms with Crippen LogP contribution in [-0.4, -0.2) is 37.2 Å². The summed E-state index contributed by atoms with van der Waals surface area (Å²) in [6, 6.07) is 0. The molecule has 0 aromatic carbocycles. The molecule has 1 atom stereocenters. The molecule has 470 valence electrons. The van der Waals surface area contributed by atoms with Gasteiger partial charge in [-0.25, -0.2) is 0 Å². The van der Waals surface area contributed by atoms with Crippen molar-refractivity contribution in [3.8, 4) is 0 Å². The molecule has 0 bridgehead atoms. The van der Waals surface area contributed by atoms with Gasteiger partial charge in [-0.05, 0) is 109 Å². The summed E-state index contributed by atoms with van der Waals surface area (Å²) >= 11 is 0. The second kappa shape index (κ2) is 69.3. The van der Waals surface area contributed by atoms with E-state index in [2.05, 4.69) is 93.7 Å². The second-order valence-corrected chi connectivity index (χ2v) is 23.8. The van der Waals surface area contributed by atoms with Crippen molar-refractivity contribution in [2.75, 3.05) is 13.2 Å². The molecule has 1 unspecified atom stereocenters. The smallest absolute Gasteiger partial charge is 0.306 e. The highest BCUT2D eigenvalue weighted by Gasteiger charge is 2.19. The van der Waals surface area contributed by atoms with E-state index in [0.717, 1.165) is 109 Å². The molecular formula is C75H134O6. The average Bonchev–Trinajstić information content (AvgIpc) is 3.47. The van der Waals surface area contributed by atoms with Crippen LogP contribution in [0.3, 0.4) is 0 Å². The first-order valence-electron chi connectivity index (χ1n) is 35.4. The number of hydrogen-bond acceptors (Lipinski definition) is 6. The lowest BCUT2D eigenvalue weighted by Gasteiger charge is -2.18. The lowest BCUT2D eigenvalue weighted by atomic mass is 10.0. The molecule has 0 aromatic rings. The highest BCUT2D eigenvalue weighted by Crippen LogP contribution is 2.18. The van der Waals surface area contributed by atoms with Crippen LogP contribution >= 0.6 is 0 Å². The largest absolute Gasteiger partial charge is 0.462 e. The van der Waals surface area contributed by atoms with Gasteiger partial charge in [-0.1, -0.05) is 312 Å². The van der Waals surface area contributed by atoms with Crippen molar-refractivity contribution in [2.24, 2.45) is 0 Å². The third-order valence-corrected chi connectivity index (χ3v) is 15.7. The average molecular weight is 1130 g/mol. The van der Waals surface area contributed by atoms with E-state index in [1.165, 1.54) is 218 Å². The molecule has 0 fully saturated rings. The zero-order valence-corrected chi connectivity index (χ0v) is 54.1. The van der Waals surface area contributed by atoms with Crippen LogP contribution in [0.1, 0.15) is 367 Å². The third kappa shape index (κ3) is 67.5. The van der Waals surface area contributed by atoms with Gasteiger partial charge in [0.05, 0.1) is 0 Å². The monoisotopic (exact) mass is 1130 g/mol. The SMILES string of the molecule is CC/C=C\C/C=C\C/C=C\CCCCCCCC(=O)OC(COC(=O)CCCCCCC/C=C\CCCCCCCC)COC(=O)CCCCCCCCCCCCCCCCCCCCCCC/C=C\C/C=C\CCCCCCC. The Kier molecular flexibility index (Phi) is 66.6.